The van der Waals surface area contributed by atoms with Crippen LogP contribution in [0.3, 0.4) is 0 Å². The number of carbonyl (C=O) groups excluding carboxylic acids is 1. The molecule has 0 aliphatic carbocycles. The van der Waals surface area contributed by atoms with Crippen LogP contribution in [0, 0.1) is 13.8 Å². The molecule has 3 rings (SSSR count). The lowest BCUT2D eigenvalue weighted by Crippen LogP contribution is -2.40. The molecule has 3 heterocycles. The van der Waals surface area contributed by atoms with E-state index in [2.05, 4.69) is 15.5 Å². The zero-order valence-corrected chi connectivity index (χ0v) is 14.2. The number of ether oxygens (including phenoxy) is 1. The van der Waals surface area contributed by atoms with Crippen LogP contribution in [0.4, 0.5) is 4.79 Å². The Labute approximate surface area is 141 Å². The third-order valence-corrected chi connectivity index (χ3v) is 4.23. The highest BCUT2D eigenvalue weighted by atomic mass is 16.5. The summed E-state index contributed by atoms with van der Waals surface area (Å²) in [6.07, 6.45) is 4.19. The van der Waals surface area contributed by atoms with Gasteiger partial charge in [-0.1, -0.05) is 5.16 Å². The first-order valence-corrected chi connectivity index (χ1v) is 8.09. The van der Waals surface area contributed by atoms with Crippen LogP contribution in [-0.2, 0) is 0 Å². The summed E-state index contributed by atoms with van der Waals surface area (Å²) in [7, 11) is 0. The van der Waals surface area contributed by atoms with E-state index in [0.717, 1.165) is 29.2 Å². The molecular weight excluding hydrogens is 308 g/mol. The molecule has 1 fully saturated rings. The number of likely N-dealkylation sites (tertiary alicyclic amines) is 1. The highest BCUT2D eigenvalue weighted by Gasteiger charge is 2.29. The minimum Gasteiger partial charge on any atom is -0.487 e. The molecule has 1 aliphatic heterocycles. The van der Waals surface area contributed by atoms with Crippen molar-refractivity contribution >= 4 is 6.03 Å². The molecule has 0 bridgehead atoms. The molecule has 1 saturated heterocycles. The van der Waals surface area contributed by atoms with Crippen molar-refractivity contribution in [2.75, 3.05) is 13.1 Å². The normalized spacial score (nSPS) is 18.5. The van der Waals surface area contributed by atoms with Crippen LogP contribution in [0.1, 0.15) is 36.4 Å². The number of rotatable bonds is 4. The molecule has 24 heavy (non-hydrogen) atoms. The topological polar surface area (TPSA) is 80.5 Å². The Morgan fingerprint density at radius 1 is 1.50 bits per heavy atom. The van der Waals surface area contributed by atoms with E-state index < -0.39 is 0 Å². The number of hydrogen-bond acceptors (Lipinski definition) is 5. The summed E-state index contributed by atoms with van der Waals surface area (Å²) < 4.78 is 11.0. The van der Waals surface area contributed by atoms with Crippen molar-refractivity contribution < 1.29 is 14.1 Å². The van der Waals surface area contributed by atoms with Crippen LogP contribution in [0.15, 0.2) is 29.0 Å². The van der Waals surface area contributed by atoms with Crippen molar-refractivity contribution in [1.82, 2.24) is 20.4 Å². The van der Waals surface area contributed by atoms with Gasteiger partial charge in [0.25, 0.3) is 0 Å². The number of carbonyl (C=O) groups is 1. The van der Waals surface area contributed by atoms with Crippen molar-refractivity contribution in [2.24, 2.45) is 0 Å². The Kier molecular flexibility index (Phi) is 4.69. The van der Waals surface area contributed by atoms with Crippen LogP contribution in [0.2, 0.25) is 0 Å². The van der Waals surface area contributed by atoms with E-state index in [0.29, 0.717) is 13.1 Å². The number of pyridine rings is 1. The largest absolute Gasteiger partial charge is 0.487 e. The van der Waals surface area contributed by atoms with Crippen LogP contribution < -0.4 is 10.1 Å². The average Bonchev–Trinajstić information content (AvgIpc) is 3.15. The lowest BCUT2D eigenvalue weighted by molar-refractivity contribution is 0.184. The van der Waals surface area contributed by atoms with Gasteiger partial charge < -0.3 is 19.5 Å². The highest BCUT2D eigenvalue weighted by molar-refractivity contribution is 5.75. The molecule has 2 aromatic heterocycles. The summed E-state index contributed by atoms with van der Waals surface area (Å²) in [6, 6.07) is 3.46. The van der Waals surface area contributed by atoms with Crippen molar-refractivity contribution in [3.63, 3.8) is 0 Å². The Hall–Kier alpha value is -2.57. The number of urea groups is 1. The first-order valence-electron chi connectivity index (χ1n) is 8.09. The van der Waals surface area contributed by atoms with E-state index >= 15 is 0 Å². The second-order valence-electron chi connectivity index (χ2n) is 6.07. The quantitative estimate of drug-likeness (QED) is 0.932. The molecule has 2 aromatic rings. The standard InChI is InChI=1S/C17H22N4O3/c1-11(16-12(2)20-24-13(16)3)19-17(22)21-8-6-15(10-21)23-14-5-4-7-18-9-14/h4-5,7,9,11,15H,6,8,10H2,1-3H3,(H,19,22)/t11-,15+/m0/s1. The monoisotopic (exact) mass is 330 g/mol. The van der Waals surface area contributed by atoms with Gasteiger partial charge >= 0.3 is 6.03 Å². The predicted molar refractivity (Wildman–Crippen MR) is 87.8 cm³/mol. The van der Waals surface area contributed by atoms with E-state index in [-0.39, 0.29) is 18.2 Å². The summed E-state index contributed by atoms with van der Waals surface area (Å²) in [5.41, 5.74) is 1.74. The second kappa shape index (κ2) is 6.90. The fraction of sp³-hybridized carbons (Fsp3) is 0.471. The van der Waals surface area contributed by atoms with Crippen molar-refractivity contribution in [3.8, 4) is 5.75 Å². The van der Waals surface area contributed by atoms with E-state index in [4.69, 9.17) is 9.26 Å². The molecule has 0 unspecified atom stereocenters. The van der Waals surface area contributed by atoms with Gasteiger partial charge in [-0.25, -0.2) is 4.79 Å². The molecule has 128 valence electrons. The first-order chi connectivity index (χ1) is 11.5. The Morgan fingerprint density at radius 2 is 2.33 bits per heavy atom. The molecule has 2 amide bonds. The molecule has 1 N–H and O–H groups in total. The number of hydrogen-bond donors (Lipinski definition) is 1. The molecule has 0 aromatic carbocycles. The fourth-order valence-corrected chi connectivity index (χ4v) is 3.08. The average molecular weight is 330 g/mol. The molecule has 7 nitrogen and oxygen atoms in total. The lowest BCUT2D eigenvalue weighted by Gasteiger charge is -2.21. The smallest absolute Gasteiger partial charge is 0.318 e. The lowest BCUT2D eigenvalue weighted by atomic mass is 10.1. The molecule has 0 radical (unpaired) electrons. The molecule has 1 aliphatic rings. The Morgan fingerprint density at radius 3 is 3.00 bits per heavy atom. The molecule has 2 atom stereocenters. The molecule has 0 spiro atoms. The molecule has 7 heteroatoms. The van der Waals surface area contributed by atoms with Gasteiger partial charge in [0.1, 0.15) is 17.6 Å². The van der Waals surface area contributed by atoms with E-state index in [1.54, 1.807) is 17.3 Å². The summed E-state index contributed by atoms with van der Waals surface area (Å²) in [4.78, 5) is 18.3. The number of nitrogens with one attached hydrogen (secondary N) is 1. The molecule has 0 saturated carbocycles. The van der Waals surface area contributed by atoms with Gasteiger partial charge in [0.05, 0.1) is 24.5 Å². The summed E-state index contributed by atoms with van der Waals surface area (Å²) in [6.45, 7) is 6.90. The van der Waals surface area contributed by atoms with Gasteiger partial charge in [0.15, 0.2) is 0 Å². The van der Waals surface area contributed by atoms with Gasteiger partial charge in [0, 0.05) is 24.7 Å². The zero-order valence-electron chi connectivity index (χ0n) is 14.2. The number of amides is 2. The summed E-state index contributed by atoms with van der Waals surface area (Å²) >= 11 is 0. The third kappa shape index (κ3) is 3.50. The van der Waals surface area contributed by atoms with Crippen molar-refractivity contribution in [3.05, 3.63) is 41.5 Å². The van der Waals surface area contributed by atoms with Gasteiger partial charge in [-0.3, -0.25) is 4.98 Å². The maximum absolute atomic E-state index is 12.5. The predicted octanol–water partition coefficient (Wildman–Crippen LogP) is 2.61. The van der Waals surface area contributed by atoms with E-state index in [9.17, 15) is 4.79 Å². The number of nitrogens with zero attached hydrogens (tertiary/aromatic N) is 3. The SMILES string of the molecule is Cc1noc(C)c1[C@H](C)NC(=O)N1CC[C@@H](Oc2cccnc2)C1. The van der Waals surface area contributed by atoms with Crippen molar-refractivity contribution in [2.45, 2.75) is 39.3 Å². The Balaban J connectivity index is 1.55. The highest BCUT2D eigenvalue weighted by Crippen LogP contribution is 2.22. The minimum absolute atomic E-state index is 0.00526. The maximum Gasteiger partial charge on any atom is 0.318 e. The number of aromatic nitrogens is 2. The fourth-order valence-electron chi connectivity index (χ4n) is 3.08. The van der Waals surface area contributed by atoms with Crippen LogP contribution in [0.5, 0.6) is 5.75 Å². The van der Waals surface area contributed by atoms with E-state index in [1.807, 2.05) is 32.9 Å². The van der Waals surface area contributed by atoms with Crippen molar-refractivity contribution in [1.29, 1.82) is 0 Å². The minimum atomic E-state index is -0.151. The second-order valence-corrected chi connectivity index (χ2v) is 6.07. The van der Waals surface area contributed by atoms with Gasteiger partial charge in [-0.05, 0) is 32.9 Å². The van der Waals surface area contributed by atoms with Gasteiger partial charge in [0.2, 0.25) is 0 Å². The number of aryl methyl sites for hydroxylation is 2. The van der Waals surface area contributed by atoms with Crippen LogP contribution >= 0.6 is 0 Å². The first kappa shape index (κ1) is 16.3. The van der Waals surface area contributed by atoms with Crippen LogP contribution in [-0.4, -0.2) is 40.3 Å². The van der Waals surface area contributed by atoms with Gasteiger partial charge in [-0.2, -0.15) is 0 Å². The summed E-state index contributed by atoms with van der Waals surface area (Å²) in [5.74, 6) is 1.47. The van der Waals surface area contributed by atoms with Gasteiger partial charge in [-0.15, -0.1) is 0 Å². The maximum atomic E-state index is 12.5. The third-order valence-electron chi connectivity index (χ3n) is 4.23. The Bertz CT molecular complexity index is 682. The van der Waals surface area contributed by atoms with Crippen LogP contribution in [0.25, 0.3) is 0 Å². The zero-order chi connectivity index (χ0) is 17.1. The molecular formula is C17H22N4O3. The van der Waals surface area contributed by atoms with E-state index in [1.165, 1.54) is 0 Å². The summed E-state index contributed by atoms with van der Waals surface area (Å²) in [5, 5.41) is 6.94.